The number of rotatable bonds is 5. The maximum Gasteiger partial charge on any atom is 0.232 e. The molecule has 0 bridgehead atoms. The summed E-state index contributed by atoms with van der Waals surface area (Å²) in [5.74, 6) is 1.97. The molecule has 2 rings (SSSR count). The van der Waals surface area contributed by atoms with Gasteiger partial charge in [-0.2, -0.15) is 0 Å². The van der Waals surface area contributed by atoms with Crippen LogP contribution in [0.3, 0.4) is 0 Å². The molecule has 1 atom stereocenters. The monoisotopic (exact) mass is 247 g/mol. The summed E-state index contributed by atoms with van der Waals surface area (Å²) in [6.07, 6.45) is 1.57. The molecule has 18 heavy (non-hydrogen) atoms. The molecule has 5 nitrogen and oxygen atoms in total. The Kier molecular flexibility index (Phi) is 3.94. The van der Waals surface area contributed by atoms with Gasteiger partial charge in [-0.05, 0) is 31.0 Å². The second kappa shape index (κ2) is 5.64. The molecule has 2 aromatic rings. The van der Waals surface area contributed by atoms with Crippen molar-refractivity contribution in [3.05, 3.63) is 41.6 Å². The van der Waals surface area contributed by atoms with Gasteiger partial charge in [-0.1, -0.05) is 12.1 Å². The molecule has 0 saturated heterocycles. The van der Waals surface area contributed by atoms with E-state index in [1.165, 1.54) is 5.56 Å². The first kappa shape index (κ1) is 12.6. The minimum absolute atomic E-state index is 0.216. The molecule has 96 valence electrons. The molecule has 0 fully saturated rings. The van der Waals surface area contributed by atoms with Crippen molar-refractivity contribution in [1.82, 2.24) is 10.2 Å². The molecule has 1 unspecified atom stereocenters. The normalized spacial score (nSPS) is 12.4. The van der Waals surface area contributed by atoms with Crippen LogP contribution in [0.2, 0.25) is 0 Å². The van der Waals surface area contributed by atoms with Crippen LogP contribution >= 0.6 is 0 Å². The number of nitrogens with two attached hydrogens (primary N) is 1. The van der Waals surface area contributed by atoms with Crippen LogP contribution in [0, 0.1) is 0 Å². The Bertz CT molecular complexity index is 491. The fourth-order valence-corrected chi connectivity index (χ4v) is 1.60. The summed E-state index contributed by atoms with van der Waals surface area (Å²) < 4.78 is 10.5. The summed E-state index contributed by atoms with van der Waals surface area (Å²) >= 11 is 0. The van der Waals surface area contributed by atoms with Gasteiger partial charge < -0.3 is 14.9 Å². The number of hydrogen-bond donors (Lipinski definition) is 1. The van der Waals surface area contributed by atoms with Crippen molar-refractivity contribution >= 4 is 0 Å². The summed E-state index contributed by atoms with van der Waals surface area (Å²) in [5.41, 5.74) is 6.86. The highest BCUT2D eigenvalue weighted by Gasteiger charge is 2.09. The van der Waals surface area contributed by atoms with Gasteiger partial charge in [0.1, 0.15) is 5.75 Å². The lowest BCUT2D eigenvalue weighted by atomic mass is 10.1. The third-order valence-electron chi connectivity index (χ3n) is 2.66. The predicted molar refractivity (Wildman–Crippen MR) is 67.3 cm³/mol. The summed E-state index contributed by atoms with van der Waals surface area (Å²) in [6.45, 7) is 1.82. The van der Waals surface area contributed by atoms with E-state index in [0.29, 0.717) is 18.2 Å². The van der Waals surface area contributed by atoms with E-state index in [1.807, 2.05) is 31.2 Å². The number of aryl methyl sites for hydroxylation is 2. The molecule has 0 saturated carbocycles. The second-order valence-electron chi connectivity index (χ2n) is 4.17. The first-order valence-electron chi connectivity index (χ1n) is 5.90. The van der Waals surface area contributed by atoms with Crippen LogP contribution < -0.4 is 10.5 Å². The van der Waals surface area contributed by atoms with E-state index in [4.69, 9.17) is 14.9 Å². The van der Waals surface area contributed by atoms with Crippen molar-refractivity contribution < 1.29 is 9.15 Å². The quantitative estimate of drug-likeness (QED) is 0.873. The molecule has 0 spiro atoms. The standard InChI is InChI=1S/C13H17N3O2/c1-9(14)13-16-15-12(18-13)8-5-10-3-6-11(17-2)7-4-10/h3-4,6-7,9H,5,8,14H2,1-2H3. The van der Waals surface area contributed by atoms with Gasteiger partial charge in [0.05, 0.1) is 13.2 Å². The van der Waals surface area contributed by atoms with Gasteiger partial charge in [-0.3, -0.25) is 0 Å². The largest absolute Gasteiger partial charge is 0.497 e. The summed E-state index contributed by atoms with van der Waals surface area (Å²) in [4.78, 5) is 0. The average Bonchev–Trinajstić information content (AvgIpc) is 2.86. The van der Waals surface area contributed by atoms with Crippen molar-refractivity contribution in [2.75, 3.05) is 7.11 Å². The maximum absolute atomic E-state index is 5.66. The fourth-order valence-electron chi connectivity index (χ4n) is 1.60. The van der Waals surface area contributed by atoms with Gasteiger partial charge in [0.15, 0.2) is 0 Å². The van der Waals surface area contributed by atoms with E-state index in [-0.39, 0.29) is 6.04 Å². The summed E-state index contributed by atoms with van der Waals surface area (Å²) in [6, 6.07) is 7.73. The van der Waals surface area contributed by atoms with E-state index >= 15 is 0 Å². The van der Waals surface area contributed by atoms with Gasteiger partial charge in [0, 0.05) is 6.42 Å². The van der Waals surface area contributed by atoms with E-state index in [2.05, 4.69) is 10.2 Å². The smallest absolute Gasteiger partial charge is 0.232 e. The molecule has 1 aromatic carbocycles. The van der Waals surface area contributed by atoms with Crippen molar-refractivity contribution in [2.24, 2.45) is 5.73 Å². The predicted octanol–water partition coefficient (Wildman–Crippen LogP) is 1.88. The zero-order chi connectivity index (χ0) is 13.0. The minimum Gasteiger partial charge on any atom is -0.497 e. The Labute approximate surface area is 106 Å². The zero-order valence-corrected chi connectivity index (χ0v) is 10.6. The van der Waals surface area contributed by atoms with Crippen LogP contribution in [0.15, 0.2) is 28.7 Å². The third-order valence-corrected chi connectivity index (χ3v) is 2.66. The average molecular weight is 247 g/mol. The van der Waals surface area contributed by atoms with Crippen LogP contribution in [0.1, 0.15) is 30.3 Å². The van der Waals surface area contributed by atoms with Gasteiger partial charge in [0.25, 0.3) is 0 Å². The lowest BCUT2D eigenvalue weighted by Gasteiger charge is -2.01. The number of methoxy groups -OCH3 is 1. The molecular weight excluding hydrogens is 230 g/mol. The van der Waals surface area contributed by atoms with E-state index in [9.17, 15) is 0 Å². The first-order valence-corrected chi connectivity index (χ1v) is 5.90. The van der Waals surface area contributed by atoms with Gasteiger partial charge in [-0.15, -0.1) is 10.2 Å². The number of nitrogens with zero attached hydrogens (tertiary/aromatic N) is 2. The SMILES string of the molecule is COc1ccc(CCc2nnc(C(C)N)o2)cc1. The Morgan fingerprint density at radius 1 is 1.22 bits per heavy atom. The second-order valence-corrected chi connectivity index (χ2v) is 4.17. The molecule has 1 heterocycles. The van der Waals surface area contributed by atoms with Crippen LogP contribution in [0.4, 0.5) is 0 Å². The molecule has 0 amide bonds. The molecule has 0 radical (unpaired) electrons. The Morgan fingerprint density at radius 3 is 2.50 bits per heavy atom. The van der Waals surface area contributed by atoms with Gasteiger partial charge in [0.2, 0.25) is 11.8 Å². The minimum atomic E-state index is -0.216. The Balaban J connectivity index is 1.93. The Morgan fingerprint density at radius 2 is 1.94 bits per heavy atom. The van der Waals surface area contributed by atoms with E-state index in [0.717, 1.165) is 12.2 Å². The van der Waals surface area contributed by atoms with Crippen molar-refractivity contribution in [3.63, 3.8) is 0 Å². The molecule has 0 aliphatic carbocycles. The number of hydrogen-bond acceptors (Lipinski definition) is 5. The highest BCUT2D eigenvalue weighted by Crippen LogP contribution is 2.14. The maximum atomic E-state index is 5.66. The number of benzene rings is 1. The summed E-state index contributed by atoms with van der Waals surface area (Å²) in [7, 11) is 1.66. The molecular formula is C13H17N3O2. The lowest BCUT2D eigenvalue weighted by Crippen LogP contribution is -2.04. The molecule has 0 aliphatic heterocycles. The fraction of sp³-hybridized carbons (Fsp3) is 0.385. The van der Waals surface area contributed by atoms with E-state index in [1.54, 1.807) is 7.11 Å². The van der Waals surface area contributed by atoms with Crippen molar-refractivity contribution in [2.45, 2.75) is 25.8 Å². The zero-order valence-electron chi connectivity index (χ0n) is 10.6. The first-order chi connectivity index (χ1) is 8.69. The lowest BCUT2D eigenvalue weighted by molar-refractivity contribution is 0.414. The van der Waals surface area contributed by atoms with E-state index < -0.39 is 0 Å². The summed E-state index contributed by atoms with van der Waals surface area (Å²) in [5, 5.41) is 7.86. The van der Waals surface area contributed by atoms with Gasteiger partial charge in [-0.25, -0.2) is 0 Å². The van der Waals surface area contributed by atoms with Crippen molar-refractivity contribution in [1.29, 1.82) is 0 Å². The van der Waals surface area contributed by atoms with Gasteiger partial charge >= 0.3 is 0 Å². The highest BCUT2D eigenvalue weighted by molar-refractivity contribution is 5.27. The van der Waals surface area contributed by atoms with Crippen LogP contribution in [0.5, 0.6) is 5.75 Å². The highest BCUT2D eigenvalue weighted by atomic mass is 16.5. The Hall–Kier alpha value is -1.88. The van der Waals surface area contributed by atoms with Crippen LogP contribution in [-0.4, -0.2) is 17.3 Å². The number of ether oxygens (including phenoxy) is 1. The third kappa shape index (κ3) is 3.07. The topological polar surface area (TPSA) is 74.2 Å². The molecule has 2 N–H and O–H groups in total. The van der Waals surface area contributed by atoms with Crippen molar-refractivity contribution in [3.8, 4) is 5.75 Å². The number of aromatic nitrogens is 2. The molecule has 0 aliphatic rings. The van der Waals surface area contributed by atoms with Crippen LogP contribution in [0.25, 0.3) is 0 Å². The van der Waals surface area contributed by atoms with Crippen LogP contribution in [-0.2, 0) is 12.8 Å². The molecule has 1 aromatic heterocycles. The molecule has 5 heteroatoms.